The van der Waals surface area contributed by atoms with Crippen LogP contribution in [-0.2, 0) is 16.0 Å². The lowest BCUT2D eigenvalue weighted by atomic mass is 10.2. The van der Waals surface area contributed by atoms with Gasteiger partial charge in [-0.2, -0.15) is 0 Å². The van der Waals surface area contributed by atoms with Gasteiger partial charge in [-0.25, -0.2) is 4.79 Å². The first kappa shape index (κ1) is 10.4. The van der Waals surface area contributed by atoms with Crippen molar-refractivity contribution in [3.05, 3.63) is 16.2 Å². The Bertz CT molecular complexity index is 364. The molecule has 0 fully saturated rings. The zero-order valence-electron chi connectivity index (χ0n) is 7.70. The van der Waals surface area contributed by atoms with Crippen molar-refractivity contribution >= 4 is 5.97 Å². The minimum atomic E-state index is -0.735. The number of esters is 1. The summed E-state index contributed by atoms with van der Waals surface area (Å²) >= 11 is 0. The van der Waals surface area contributed by atoms with Crippen molar-refractivity contribution in [1.82, 2.24) is 4.98 Å². The SMILES string of the molecule is CCOC(=O)CCc1[nH]c(=O)oc1O. The molecule has 0 aliphatic rings. The highest BCUT2D eigenvalue weighted by Gasteiger charge is 2.10. The Kier molecular flexibility index (Phi) is 3.33. The third-order valence-electron chi connectivity index (χ3n) is 1.58. The molecule has 0 radical (unpaired) electrons. The van der Waals surface area contributed by atoms with Crippen molar-refractivity contribution in [3.8, 4) is 5.95 Å². The molecule has 0 amide bonds. The van der Waals surface area contributed by atoms with Gasteiger partial charge in [0, 0.05) is 6.42 Å². The van der Waals surface area contributed by atoms with Crippen LogP contribution in [0.1, 0.15) is 19.0 Å². The number of ether oxygens (including phenoxy) is 1. The fourth-order valence-corrected chi connectivity index (χ4v) is 0.981. The van der Waals surface area contributed by atoms with E-state index in [-0.39, 0.29) is 24.5 Å². The van der Waals surface area contributed by atoms with Crippen molar-refractivity contribution in [2.24, 2.45) is 0 Å². The number of aromatic hydroxyl groups is 1. The van der Waals surface area contributed by atoms with Gasteiger partial charge >= 0.3 is 17.7 Å². The summed E-state index contributed by atoms with van der Waals surface area (Å²) in [5, 5.41) is 9.02. The van der Waals surface area contributed by atoms with Gasteiger partial charge in [-0.05, 0) is 6.92 Å². The second-order valence-corrected chi connectivity index (χ2v) is 2.60. The van der Waals surface area contributed by atoms with Gasteiger partial charge in [0.15, 0.2) is 0 Å². The number of aromatic amines is 1. The van der Waals surface area contributed by atoms with E-state index >= 15 is 0 Å². The van der Waals surface area contributed by atoms with Crippen molar-refractivity contribution in [3.63, 3.8) is 0 Å². The molecular formula is C8H11NO5. The number of carbonyl (C=O) groups excluding carboxylic acids is 1. The van der Waals surface area contributed by atoms with E-state index in [9.17, 15) is 9.59 Å². The summed E-state index contributed by atoms with van der Waals surface area (Å²) in [6.07, 6.45) is 0.285. The lowest BCUT2D eigenvalue weighted by Gasteiger charge is -1.99. The second-order valence-electron chi connectivity index (χ2n) is 2.60. The fourth-order valence-electron chi connectivity index (χ4n) is 0.981. The maximum atomic E-state index is 10.9. The van der Waals surface area contributed by atoms with Crippen LogP contribution < -0.4 is 5.76 Å². The quantitative estimate of drug-likeness (QED) is 0.677. The predicted molar refractivity (Wildman–Crippen MR) is 45.9 cm³/mol. The molecule has 0 spiro atoms. The Morgan fingerprint density at radius 2 is 2.36 bits per heavy atom. The second kappa shape index (κ2) is 4.50. The lowest BCUT2D eigenvalue weighted by molar-refractivity contribution is -0.143. The first-order valence-corrected chi connectivity index (χ1v) is 4.20. The molecule has 1 heterocycles. The number of oxazole rings is 1. The molecule has 0 saturated heterocycles. The average Bonchev–Trinajstić information content (AvgIpc) is 2.42. The third kappa shape index (κ3) is 2.65. The summed E-state index contributed by atoms with van der Waals surface area (Å²) in [5.41, 5.74) is 0.211. The molecule has 0 aromatic carbocycles. The molecule has 14 heavy (non-hydrogen) atoms. The van der Waals surface area contributed by atoms with E-state index in [1.165, 1.54) is 0 Å². The van der Waals surface area contributed by atoms with Gasteiger partial charge in [0.1, 0.15) is 5.69 Å². The van der Waals surface area contributed by atoms with Crippen LogP contribution >= 0.6 is 0 Å². The Labute approximate surface area is 79.5 Å². The number of aryl methyl sites for hydroxylation is 1. The molecule has 0 unspecified atom stereocenters. The van der Waals surface area contributed by atoms with E-state index in [4.69, 9.17) is 5.11 Å². The number of aromatic nitrogens is 1. The van der Waals surface area contributed by atoms with Gasteiger partial charge < -0.3 is 14.3 Å². The number of hydrogen-bond donors (Lipinski definition) is 2. The summed E-state index contributed by atoms with van der Waals surface area (Å²) in [6.45, 7) is 2.02. The fraction of sp³-hybridized carbons (Fsp3) is 0.500. The summed E-state index contributed by atoms with van der Waals surface area (Å²) < 4.78 is 8.97. The average molecular weight is 201 g/mol. The number of rotatable bonds is 4. The topological polar surface area (TPSA) is 92.5 Å². The van der Waals surface area contributed by atoms with Crippen LogP contribution in [0.4, 0.5) is 0 Å². The van der Waals surface area contributed by atoms with Crippen LogP contribution in [0.25, 0.3) is 0 Å². The highest BCUT2D eigenvalue weighted by Crippen LogP contribution is 2.12. The first-order chi connectivity index (χ1) is 6.63. The third-order valence-corrected chi connectivity index (χ3v) is 1.58. The summed E-state index contributed by atoms with van der Waals surface area (Å²) in [6, 6.07) is 0. The Morgan fingerprint density at radius 1 is 1.64 bits per heavy atom. The molecule has 6 nitrogen and oxygen atoms in total. The summed E-state index contributed by atoms with van der Waals surface area (Å²) in [7, 11) is 0. The number of hydrogen-bond acceptors (Lipinski definition) is 5. The first-order valence-electron chi connectivity index (χ1n) is 4.20. The molecule has 6 heteroatoms. The number of nitrogens with one attached hydrogen (secondary N) is 1. The smallest absolute Gasteiger partial charge is 0.419 e. The van der Waals surface area contributed by atoms with Gasteiger partial charge in [0.05, 0.1) is 13.0 Å². The highest BCUT2D eigenvalue weighted by atomic mass is 16.5. The highest BCUT2D eigenvalue weighted by molar-refractivity contribution is 5.69. The zero-order chi connectivity index (χ0) is 10.6. The standard InChI is InChI=1S/C8H11NO5/c1-2-13-6(10)4-3-5-7(11)14-8(12)9-5/h11H,2-4H2,1H3,(H,9,12). The zero-order valence-corrected chi connectivity index (χ0v) is 7.70. The largest absolute Gasteiger partial charge is 0.479 e. The molecule has 1 aromatic heterocycles. The maximum Gasteiger partial charge on any atom is 0.419 e. The van der Waals surface area contributed by atoms with E-state index in [0.29, 0.717) is 6.61 Å². The van der Waals surface area contributed by atoms with Crippen LogP contribution in [0.3, 0.4) is 0 Å². The van der Waals surface area contributed by atoms with Crippen LogP contribution in [0.2, 0.25) is 0 Å². The van der Waals surface area contributed by atoms with E-state index < -0.39 is 11.7 Å². The molecule has 2 N–H and O–H groups in total. The number of carbonyl (C=O) groups is 1. The van der Waals surface area contributed by atoms with E-state index in [2.05, 4.69) is 14.1 Å². The molecule has 1 rings (SSSR count). The normalized spacial score (nSPS) is 10.1. The van der Waals surface area contributed by atoms with Crippen LogP contribution in [0.15, 0.2) is 9.21 Å². The summed E-state index contributed by atoms with van der Waals surface area (Å²) in [4.78, 5) is 23.8. The minimum absolute atomic E-state index is 0.0941. The Hall–Kier alpha value is -1.72. The van der Waals surface area contributed by atoms with Gasteiger partial charge in [-0.1, -0.05) is 0 Å². The van der Waals surface area contributed by atoms with Gasteiger partial charge in [0.2, 0.25) is 0 Å². The molecule has 78 valence electrons. The van der Waals surface area contributed by atoms with Crippen molar-refractivity contribution < 1.29 is 19.1 Å². The monoisotopic (exact) mass is 201 g/mol. The molecule has 0 atom stereocenters. The van der Waals surface area contributed by atoms with E-state index in [0.717, 1.165) is 0 Å². The minimum Gasteiger partial charge on any atom is -0.479 e. The van der Waals surface area contributed by atoms with Crippen LogP contribution in [0, 0.1) is 0 Å². The molecule has 0 aliphatic heterocycles. The van der Waals surface area contributed by atoms with Gasteiger partial charge in [0.25, 0.3) is 0 Å². The Morgan fingerprint density at radius 3 is 2.86 bits per heavy atom. The maximum absolute atomic E-state index is 10.9. The summed E-state index contributed by atoms with van der Waals surface area (Å²) in [5.74, 6) is -1.59. The molecular weight excluding hydrogens is 190 g/mol. The van der Waals surface area contributed by atoms with Crippen molar-refractivity contribution in [1.29, 1.82) is 0 Å². The number of H-pyrrole nitrogens is 1. The van der Waals surface area contributed by atoms with Crippen molar-refractivity contribution in [2.45, 2.75) is 19.8 Å². The molecule has 0 aliphatic carbocycles. The lowest BCUT2D eigenvalue weighted by Crippen LogP contribution is -2.06. The van der Waals surface area contributed by atoms with Gasteiger partial charge in [-0.15, -0.1) is 0 Å². The molecule has 0 bridgehead atoms. The van der Waals surface area contributed by atoms with E-state index in [1.54, 1.807) is 6.92 Å². The molecule has 0 saturated carbocycles. The van der Waals surface area contributed by atoms with Crippen LogP contribution in [0.5, 0.6) is 5.95 Å². The van der Waals surface area contributed by atoms with Crippen LogP contribution in [-0.4, -0.2) is 22.7 Å². The Balaban J connectivity index is 2.49. The predicted octanol–water partition coefficient (Wildman–Crippen LogP) is 0.169. The van der Waals surface area contributed by atoms with Crippen molar-refractivity contribution in [2.75, 3.05) is 6.61 Å². The molecule has 1 aromatic rings. The van der Waals surface area contributed by atoms with E-state index in [1.807, 2.05) is 0 Å². The van der Waals surface area contributed by atoms with Gasteiger partial charge in [-0.3, -0.25) is 9.78 Å².